The Kier molecular flexibility index (Phi) is 9.95. The van der Waals surface area contributed by atoms with Crippen molar-refractivity contribution < 1.29 is 54.7 Å². The maximum atomic E-state index is 16.6. The predicted octanol–water partition coefficient (Wildman–Crippen LogP) is 1.92. The van der Waals surface area contributed by atoms with Gasteiger partial charge in [-0.05, 0) is 36.1 Å². The van der Waals surface area contributed by atoms with E-state index >= 15 is 4.39 Å². The van der Waals surface area contributed by atoms with Crippen LogP contribution in [0.4, 0.5) is 16.0 Å². The monoisotopic (exact) mass is 895 g/mol. The van der Waals surface area contributed by atoms with Crippen LogP contribution >= 0.6 is 6.72 Å². The first-order valence-corrected chi connectivity index (χ1v) is 22.4. The van der Waals surface area contributed by atoms with Crippen molar-refractivity contribution in [3.05, 3.63) is 97.1 Å². The number of nitrogens with zero attached hydrogens (tertiary/aromatic N) is 8. The Morgan fingerprint density at radius 3 is 2.00 bits per heavy atom. The van der Waals surface area contributed by atoms with Crippen LogP contribution in [0.5, 0.6) is 0 Å². The minimum Gasteiger partial charge on any atom is -0.367 e. The number of benzene rings is 2. The number of alkyl halides is 1. The van der Waals surface area contributed by atoms with E-state index in [1.54, 1.807) is 60.7 Å². The van der Waals surface area contributed by atoms with Gasteiger partial charge in [0.15, 0.2) is 52.6 Å². The molecule has 0 saturated carbocycles. The van der Waals surface area contributed by atoms with Crippen molar-refractivity contribution in [3.8, 4) is 0 Å². The molecule has 22 nitrogen and oxygen atoms in total. The molecule has 9 atom stereocenters. The number of anilines is 2. The van der Waals surface area contributed by atoms with Crippen molar-refractivity contribution in [3.63, 3.8) is 0 Å². The fourth-order valence-electron chi connectivity index (χ4n) is 7.60. The van der Waals surface area contributed by atoms with Gasteiger partial charge < -0.3 is 34.3 Å². The van der Waals surface area contributed by atoms with Gasteiger partial charge in [-0.1, -0.05) is 36.4 Å². The van der Waals surface area contributed by atoms with E-state index in [2.05, 4.69) is 45.3 Å². The number of halogens is 1. The van der Waals surface area contributed by atoms with E-state index in [-0.39, 0.29) is 40.6 Å². The molecule has 4 N–H and O–H groups in total. The normalized spacial score (nSPS) is 30.9. The van der Waals surface area contributed by atoms with Crippen LogP contribution in [0.15, 0.2) is 86.0 Å². The van der Waals surface area contributed by atoms with Crippen molar-refractivity contribution >= 4 is 74.6 Å². The molecule has 0 aliphatic carbocycles. The van der Waals surface area contributed by atoms with Gasteiger partial charge in [0.25, 0.3) is 11.8 Å². The summed E-state index contributed by atoms with van der Waals surface area (Å²) in [5.74, 6) is -0.773. The number of nitrogens with one attached hydrogen (secondary N) is 3. The second-order valence-electron chi connectivity index (χ2n) is 14.2. The first-order chi connectivity index (χ1) is 29.4. The zero-order valence-electron chi connectivity index (χ0n) is 31.0. The average molecular weight is 896 g/mol. The maximum Gasteiger partial charge on any atom is 0.336 e. The van der Waals surface area contributed by atoms with Crippen LogP contribution in [0.25, 0.3) is 22.3 Å². The summed E-state index contributed by atoms with van der Waals surface area (Å²) in [6.45, 7) is -5.87. The summed E-state index contributed by atoms with van der Waals surface area (Å²) >= 11 is 5.36. The van der Waals surface area contributed by atoms with Gasteiger partial charge in [0.1, 0.15) is 42.7 Å². The predicted molar refractivity (Wildman–Crippen MR) is 210 cm³/mol. The van der Waals surface area contributed by atoms with Gasteiger partial charge >= 0.3 is 17.0 Å². The molecule has 0 spiro atoms. The summed E-state index contributed by atoms with van der Waals surface area (Å²) < 4.78 is 84.5. The molecule has 316 valence electrons. The van der Waals surface area contributed by atoms with Crippen LogP contribution < -0.4 is 15.4 Å². The molecular formula is C35H31FN11O11PS2. The summed E-state index contributed by atoms with van der Waals surface area (Å²) in [6.07, 6.45) is -5.47. The Bertz CT molecular complexity index is 2850. The highest BCUT2D eigenvalue weighted by molar-refractivity contribution is 8.07. The Hall–Kier alpha value is -5.31. The molecule has 4 aliphatic rings. The van der Waals surface area contributed by atoms with E-state index in [1.807, 2.05) is 0 Å². The second-order valence-corrected chi connectivity index (χ2v) is 18.4. The number of rotatable bonds is 6. The van der Waals surface area contributed by atoms with E-state index in [1.165, 1.54) is 28.1 Å². The molecule has 4 aliphatic heterocycles. The number of hydrogen-bond donors (Lipinski definition) is 4. The van der Waals surface area contributed by atoms with Crippen molar-refractivity contribution in [2.45, 2.75) is 48.6 Å². The minimum atomic E-state index is -4.69. The smallest absolute Gasteiger partial charge is 0.336 e. The highest BCUT2D eigenvalue weighted by Gasteiger charge is 2.65. The van der Waals surface area contributed by atoms with Crippen molar-refractivity contribution in [1.82, 2.24) is 43.8 Å². The van der Waals surface area contributed by atoms with Crippen LogP contribution in [0.3, 0.4) is 0 Å². The topological polar surface area (TPSA) is 267 Å². The Morgan fingerprint density at radius 2 is 1.41 bits per heavy atom. The maximum absolute atomic E-state index is 16.6. The zero-order chi connectivity index (χ0) is 42.1. The Morgan fingerprint density at radius 1 is 0.836 bits per heavy atom. The summed E-state index contributed by atoms with van der Waals surface area (Å²) in [5.41, 5.74) is -0.415. The zero-order valence-corrected chi connectivity index (χ0v) is 33.5. The number of fused-ring (bicyclic) bond motifs is 3. The van der Waals surface area contributed by atoms with E-state index in [4.69, 9.17) is 39.2 Å². The molecule has 2 aromatic carbocycles. The van der Waals surface area contributed by atoms with Crippen LogP contribution in [0, 0.1) is 0 Å². The fourth-order valence-corrected chi connectivity index (χ4v) is 10.1. The lowest BCUT2D eigenvalue weighted by atomic mass is 10.0. The SMILES string of the molecule is O=C(Nc1ncnc2c1ncn2[C@@H]1O[C@@H]2CNS(=O)(=O)O[C@H]3[C@H]4OC[C@]3(COP(O)(=S)O[C@H]2[C@H]1F)O[C@H]4n1cnc2c(NC(=O)c3ccccc3)ncnc21)c1ccccc1. The fraction of sp³-hybridized carbons (Fsp3) is 0.314. The molecule has 2 bridgehead atoms. The number of aromatic nitrogens is 8. The van der Waals surface area contributed by atoms with Gasteiger partial charge in [0.05, 0.1) is 25.9 Å². The summed E-state index contributed by atoms with van der Waals surface area (Å²) in [4.78, 5) is 62.7. The first kappa shape index (κ1) is 39.8. The molecule has 61 heavy (non-hydrogen) atoms. The molecule has 6 aromatic rings. The van der Waals surface area contributed by atoms with E-state index in [9.17, 15) is 22.9 Å². The number of amides is 2. The van der Waals surface area contributed by atoms with Gasteiger partial charge in [-0.2, -0.15) is 13.1 Å². The lowest BCUT2D eigenvalue weighted by Gasteiger charge is -2.33. The van der Waals surface area contributed by atoms with Gasteiger partial charge in [0.2, 0.25) is 0 Å². The third-order valence-corrected chi connectivity index (χ3v) is 13.0. The molecule has 8 heterocycles. The molecule has 4 saturated heterocycles. The molecule has 1 unspecified atom stereocenters. The number of carbonyl (C=O) groups is 2. The van der Waals surface area contributed by atoms with Crippen molar-refractivity contribution in [1.29, 1.82) is 0 Å². The van der Waals surface area contributed by atoms with E-state index in [0.29, 0.717) is 11.1 Å². The molecule has 2 amide bonds. The highest BCUT2D eigenvalue weighted by atomic mass is 32.5. The van der Waals surface area contributed by atoms with Gasteiger partial charge in [-0.25, -0.2) is 38.5 Å². The first-order valence-electron chi connectivity index (χ1n) is 18.4. The highest BCUT2D eigenvalue weighted by Crippen LogP contribution is 2.54. The minimum absolute atomic E-state index is 0.0390. The van der Waals surface area contributed by atoms with Crippen LogP contribution in [0.2, 0.25) is 0 Å². The third-order valence-electron chi connectivity index (χ3n) is 10.5. The van der Waals surface area contributed by atoms with Crippen molar-refractivity contribution in [2.24, 2.45) is 0 Å². The van der Waals surface area contributed by atoms with Gasteiger partial charge in [-0.15, -0.1) is 0 Å². The summed E-state index contributed by atoms with van der Waals surface area (Å²) in [7, 11) is -4.69. The number of carbonyl (C=O) groups excluding carboxylic acids is 2. The molecule has 10 rings (SSSR count). The molecule has 0 radical (unpaired) electrons. The summed E-state index contributed by atoms with van der Waals surface area (Å²) in [6, 6.07) is 16.8. The standard InChI is InChI=1S/C35H31FN11O11PS2/c36-21-24-20(55-33(21)46-16-41-22-27(37-14-39-29(22)46)44-31(48)18-7-3-1-4-8-18)11-43-61(51,52)58-26-25-34(56-35(26,12-53-25)13-54-59(50,60)57-24)47-17-42-23-28(38-15-40-30(23)47)45-32(49)19-9-5-2-6-10-19/h1-10,14-17,20-21,24-26,33-34,43H,11-13H2,(H,50,60)(H,37,39,44,48)(H,38,40,45,49)/t20-,21-,24-,25-,26+,33-,34-,35-,59?/m1/s1. The summed E-state index contributed by atoms with van der Waals surface area (Å²) in [5, 5.41) is 5.39. The lowest BCUT2D eigenvalue weighted by molar-refractivity contribution is -0.183. The molecule has 4 aromatic heterocycles. The largest absolute Gasteiger partial charge is 0.367 e. The quantitative estimate of drug-likeness (QED) is 0.174. The van der Waals surface area contributed by atoms with Crippen molar-refractivity contribution in [2.75, 3.05) is 30.4 Å². The molecule has 26 heteroatoms. The average Bonchev–Trinajstić information content (AvgIpc) is 4.08. The van der Waals surface area contributed by atoms with E-state index in [0.717, 1.165) is 6.33 Å². The molecular weight excluding hydrogens is 865 g/mol. The second kappa shape index (κ2) is 15.2. The van der Waals surface area contributed by atoms with Crippen LogP contribution in [-0.2, 0) is 49.6 Å². The Balaban J connectivity index is 0.896. The van der Waals surface area contributed by atoms with Crippen LogP contribution in [-0.4, -0.2) is 120 Å². The number of imidazole rings is 2. The lowest BCUT2D eigenvalue weighted by Crippen LogP contribution is -2.49. The van der Waals surface area contributed by atoms with Crippen LogP contribution in [0.1, 0.15) is 33.2 Å². The third kappa shape index (κ3) is 7.25. The number of ether oxygens (including phenoxy) is 3. The van der Waals surface area contributed by atoms with Gasteiger partial charge in [-0.3, -0.25) is 23.2 Å². The van der Waals surface area contributed by atoms with E-state index < -0.39 is 90.6 Å². The number of hydrogen-bond acceptors (Lipinski definition) is 17. The molecule has 4 fully saturated rings. The van der Waals surface area contributed by atoms with Gasteiger partial charge in [0, 0.05) is 17.7 Å². The Labute approximate surface area is 348 Å².